The largest absolute Gasteiger partial charge is 0.494 e. The summed E-state index contributed by atoms with van der Waals surface area (Å²) in [7, 11) is 1.63. The second-order valence-electron chi connectivity index (χ2n) is 2.27. The Hall–Kier alpha value is -0.800. The van der Waals surface area contributed by atoms with Crippen LogP contribution in [0.5, 0.6) is 5.75 Å². The lowest BCUT2D eigenvalue weighted by Crippen LogP contribution is -1.82. The van der Waals surface area contributed by atoms with E-state index in [1.807, 2.05) is 18.2 Å². The Kier molecular flexibility index (Phi) is 1.90. The van der Waals surface area contributed by atoms with Crippen LogP contribution in [0.3, 0.4) is 0 Å². The summed E-state index contributed by atoms with van der Waals surface area (Å²) in [6.07, 6.45) is 0. The van der Waals surface area contributed by atoms with Crippen LogP contribution >= 0.6 is 22.9 Å². The first kappa shape index (κ1) is 7.83. The molecule has 1 aromatic carbocycles. The molecule has 4 heteroatoms. The van der Waals surface area contributed by atoms with Crippen molar-refractivity contribution in [2.75, 3.05) is 7.11 Å². The van der Waals surface area contributed by atoms with E-state index in [1.54, 1.807) is 7.11 Å². The van der Waals surface area contributed by atoms with E-state index < -0.39 is 0 Å². The van der Waals surface area contributed by atoms with Crippen LogP contribution in [0.15, 0.2) is 18.2 Å². The number of fused-ring (bicyclic) bond motifs is 1. The van der Waals surface area contributed by atoms with Crippen molar-refractivity contribution in [3.8, 4) is 5.75 Å². The minimum Gasteiger partial charge on any atom is -0.494 e. The fourth-order valence-electron chi connectivity index (χ4n) is 1.06. The summed E-state index contributed by atoms with van der Waals surface area (Å²) in [6, 6.07) is 5.77. The highest BCUT2D eigenvalue weighted by molar-refractivity contribution is 7.22. The molecule has 0 bridgehead atoms. The van der Waals surface area contributed by atoms with Gasteiger partial charge in [0.1, 0.15) is 11.3 Å². The number of hydrogen-bond acceptors (Lipinski definition) is 3. The number of aromatic nitrogens is 1. The van der Waals surface area contributed by atoms with Gasteiger partial charge < -0.3 is 4.74 Å². The molecular formula is C8H6ClNOS. The van der Waals surface area contributed by atoms with Crippen LogP contribution in [-0.2, 0) is 0 Å². The molecule has 0 radical (unpaired) electrons. The van der Waals surface area contributed by atoms with Crippen LogP contribution in [0.1, 0.15) is 0 Å². The van der Waals surface area contributed by atoms with Gasteiger partial charge in [-0.15, -0.1) is 11.3 Å². The maximum atomic E-state index is 5.76. The van der Waals surface area contributed by atoms with E-state index in [9.17, 15) is 0 Å². The Labute approximate surface area is 78.8 Å². The molecular weight excluding hydrogens is 194 g/mol. The van der Waals surface area contributed by atoms with Gasteiger partial charge in [0.05, 0.1) is 11.8 Å². The van der Waals surface area contributed by atoms with Gasteiger partial charge in [0.2, 0.25) is 0 Å². The van der Waals surface area contributed by atoms with E-state index in [0.717, 1.165) is 16.0 Å². The summed E-state index contributed by atoms with van der Waals surface area (Å²) < 4.78 is 6.73. The Bertz CT molecular complexity index is 412. The Morgan fingerprint density at radius 1 is 1.50 bits per heavy atom. The van der Waals surface area contributed by atoms with E-state index in [0.29, 0.717) is 4.47 Å². The molecule has 0 saturated carbocycles. The highest BCUT2D eigenvalue weighted by Crippen LogP contribution is 2.31. The third-order valence-corrected chi connectivity index (χ3v) is 2.70. The smallest absolute Gasteiger partial charge is 0.184 e. The molecule has 2 rings (SSSR count). The second-order valence-corrected chi connectivity index (χ2v) is 3.89. The van der Waals surface area contributed by atoms with Crippen LogP contribution in [0.25, 0.3) is 10.2 Å². The van der Waals surface area contributed by atoms with Gasteiger partial charge in [0, 0.05) is 0 Å². The highest BCUT2D eigenvalue weighted by Gasteiger charge is 2.05. The van der Waals surface area contributed by atoms with Crippen molar-refractivity contribution in [2.45, 2.75) is 0 Å². The number of ether oxygens (including phenoxy) is 1. The number of methoxy groups -OCH3 is 1. The summed E-state index contributed by atoms with van der Waals surface area (Å²) in [4.78, 5) is 4.14. The van der Waals surface area contributed by atoms with Gasteiger partial charge in [-0.05, 0) is 12.1 Å². The monoisotopic (exact) mass is 199 g/mol. The molecule has 1 aromatic heterocycles. The molecule has 1 heterocycles. The Morgan fingerprint density at radius 3 is 3.08 bits per heavy atom. The van der Waals surface area contributed by atoms with E-state index in [1.165, 1.54) is 11.3 Å². The number of nitrogens with zero attached hydrogens (tertiary/aromatic N) is 1. The van der Waals surface area contributed by atoms with Crippen molar-refractivity contribution >= 4 is 33.2 Å². The molecule has 12 heavy (non-hydrogen) atoms. The lowest BCUT2D eigenvalue weighted by molar-refractivity contribution is 0.419. The maximum Gasteiger partial charge on any atom is 0.184 e. The van der Waals surface area contributed by atoms with Crippen LogP contribution in [0.2, 0.25) is 4.47 Å². The molecule has 0 spiro atoms. The minimum absolute atomic E-state index is 0.550. The van der Waals surface area contributed by atoms with E-state index in [4.69, 9.17) is 16.3 Å². The van der Waals surface area contributed by atoms with Gasteiger partial charge in [-0.1, -0.05) is 17.7 Å². The molecule has 0 aliphatic rings. The summed E-state index contributed by atoms with van der Waals surface area (Å²) in [6.45, 7) is 0. The molecule has 0 atom stereocenters. The molecule has 0 aliphatic heterocycles. The number of thiazole rings is 1. The molecule has 2 nitrogen and oxygen atoms in total. The van der Waals surface area contributed by atoms with Gasteiger partial charge in [-0.2, -0.15) is 0 Å². The van der Waals surface area contributed by atoms with E-state index >= 15 is 0 Å². The second kappa shape index (κ2) is 2.92. The summed E-state index contributed by atoms with van der Waals surface area (Å²) in [5, 5.41) is 0. The SMILES string of the molecule is COc1cccc2sc(Cl)nc12. The fraction of sp³-hybridized carbons (Fsp3) is 0.125. The molecule has 2 aromatic rings. The maximum absolute atomic E-state index is 5.76. The first-order valence-electron chi connectivity index (χ1n) is 3.40. The van der Waals surface area contributed by atoms with Gasteiger partial charge >= 0.3 is 0 Å². The number of halogens is 1. The van der Waals surface area contributed by atoms with Gasteiger partial charge in [-0.3, -0.25) is 0 Å². The van der Waals surface area contributed by atoms with Crippen molar-refractivity contribution in [3.05, 3.63) is 22.7 Å². The zero-order chi connectivity index (χ0) is 8.55. The van der Waals surface area contributed by atoms with Crippen LogP contribution in [0.4, 0.5) is 0 Å². The van der Waals surface area contributed by atoms with Crippen LogP contribution < -0.4 is 4.74 Å². The quantitative estimate of drug-likeness (QED) is 0.705. The van der Waals surface area contributed by atoms with Crippen LogP contribution in [0, 0.1) is 0 Å². The lowest BCUT2D eigenvalue weighted by Gasteiger charge is -1.97. The lowest BCUT2D eigenvalue weighted by atomic mass is 10.3. The minimum atomic E-state index is 0.550. The Balaban J connectivity index is 2.78. The number of hydrogen-bond donors (Lipinski definition) is 0. The third kappa shape index (κ3) is 1.15. The zero-order valence-corrected chi connectivity index (χ0v) is 7.95. The van der Waals surface area contributed by atoms with Crippen molar-refractivity contribution in [1.82, 2.24) is 4.98 Å². The van der Waals surface area contributed by atoms with E-state index in [2.05, 4.69) is 4.98 Å². The van der Waals surface area contributed by atoms with Crippen molar-refractivity contribution in [1.29, 1.82) is 0 Å². The topological polar surface area (TPSA) is 22.1 Å². The average Bonchev–Trinajstić information content (AvgIpc) is 2.44. The highest BCUT2D eigenvalue weighted by atomic mass is 35.5. The number of para-hydroxylation sites is 1. The van der Waals surface area contributed by atoms with Gasteiger partial charge in [-0.25, -0.2) is 4.98 Å². The summed E-state index contributed by atoms with van der Waals surface area (Å²) >= 11 is 7.22. The molecule has 0 unspecified atom stereocenters. The molecule has 0 N–H and O–H groups in total. The average molecular weight is 200 g/mol. The predicted molar refractivity (Wildman–Crippen MR) is 51.2 cm³/mol. The summed E-state index contributed by atoms with van der Waals surface area (Å²) in [5.74, 6) is 0.774. The fourth-order valence-corrected chi connectivity index (χ4v) is 2.10. The van der Waals surface area contributed by atoms with Gasteiger partial charge in [0.15, 0.2) is 4.47 Å². The van der Waals surface area contributed by atoms with Crippen molar-refractivity contribution in [3.63, 3.8) is 0 Å². The number of benzene rings is 1. The first-order valence-corrected chi connectivity index (χ1v) is 4.60. The molecule has 0 amide bonds. The van der Waals surface area contributed by atoms with Gasteiger partial charge in [0.25, 0.3) is 0 Å². The summed E-state index contributed by atoms with van der Waals surface area (Å²) in [5.41, 5.74) is 0.843. The van der Waals surface area contributed by atoms with Crippen molar-refractivity contribution in [2.24, 2.45) is 0 Å². The first-order chi connectivity index (χ1) is 5.81. The molecule has 0 aliphatic carbocycles. The van der Waals surface area contributed by atoms with Crippen LogP contribution in [-0.4, -0.2) is 12.1 Å². The number of rotatable bonds is 1. The molecule has 62 valence electrons. The molecule has 0 fully saturated rings. The van der Waals surface area contributed by atoms with Crippen molar-refractivity contribution < 1.29 is 4.74 Å². The Morgan fingerprint density at radius 2 is 2.33 bits per heavy atom. The zero-order valence-electron chi connectivity index (χ0n) is 6.37. The molecule has 0 saturated heterocycles. The predicted octanol–water partition coefficient (Wildman–Crippen LogP) is 2.96. The van der Waals surface area contributed by atoms with E-state index in [-0.39, 0.29) is 0 Å². The standard InChI is InChI=1S/C8H6ClNOS/c1-11-5-3-2-4-6-7(5)10-8(9)12-6/h2-4H,1H3. The normalized spacial score (nSPS) is 10.5. The third-order valence-electron chi connectivity index (χ3n) is 1.58.